The van der Waals surface area contributed by atoms with Crippen LogP contribution in [0.1, 0.15) is 43.9 Å². The summed E-state index contributed by atoms with van der Waals surface area (Å²) >= 11 is 0. The van der Waals surface area contributed by atoms with Crippen LogP contribution in [0.2, 0.25) is 0 Å². The lowest BCUT2D eigenvalue weighted by Crippen LogP contribution is -2.19. The number of hydrogen-bond acceptors (Lipinski definition) is 5. The molecule has 1 aromatic heterocycles. The minimum absolute atomic E-state index is 0.448. The van der Waals surface area contributed by atoms with E-state index in [-0.39, 0.29) is 0 Å². The highest BCUT2D eigenvalue weighted by molar-refractivity contribution is 5.81. The van der Waals surface area contributed by atoms with E-state index < -0.39 is 0 Å². The molecule has 3 rings (SSSR count). The molecule has 0 aromatic carbocycles. The molecule has 124 valence electrons. The number of allylic oxidation sites excluding steroid dienone is 4. The maximum absolute atomic E-state index is 9.77. The Balaban J connectivity index is 1.98. The number of rotatable bonds is 4. The number of anilines is 1. The van der Waals surface area contributed by atoms with Crippen LogP contribution in [0.3, 0.4) is 0 Å². The molecule has 0 atom stereocenters. The van der Waals surface area contributed by atoms with Crippen molar-refractivity contribution >= 4 is 11.5 Å². The summed E-state index contributed by atoms with van der Waals surface area (Å²) in [5, 5.41) is 13.2. The van der Waals surface area contributed by atoms with E-state index in [0.29, 0.717) is 23.3 Å². The van der Waals surface area contributed by atoms with Gasteiger partial charge in [0.1, 0.15) is 11.6 Å². The van der Waals surface area contributed by atoms with E-state index in [1.165, 1.54) is 12.8 Å². The van der Waals surface area contributed by atoms with Crippen molar-refractivity contribution in [3.05, 3.63) is 47.6 Å². The standard InChI is InChI=1S/C19H23N5/c1-3-24-11-7-6-10-17(24)16(12-20)18-14(2)13-21-19(23-18)22-15-8-4-5-9-15/h6-7,10-11,13,15H,3-5,8-9H2,1-2H3,(H,21,22,23)/b17-16+. The zero-order chi connectivity index (χ0) is 16.9. The van der Waals surface area contributed by atoms with Gasteiger partial charge in [-0.1, -0.05) is 18.9 Å². The fourth-order valence-electron chi connectivity index (χ4n) is 3.23. The summed E-state index contributed by atoms with van der Waals surface area (Å²) in [6.45, 7) is 4.82. The van der Waals surface area contributed by atoms with E-state index in [4.69, 9.17) is 0 Å². The van der Waals surface area contributed by atoms with Gasteiger partial charge in [0, 0.05) is 25.0 Å². The van der Waals surface area contributed by atoms with Crippen LogP contribution >= 0.6 is 0 Å². The first-order chi connectivity index (χ1) is 11.7. The summed E-state index contributed by atoms with van der Waals surface area (Å²) in [7, 11) is 0. The predicted octanol–water partition coefficient (Wildman–Crippen LogP) is 3.78. The molecule has 24 heavy (non-hydrogen) atoms. The Morgan fingerprint density at radius 2 is 2.17 bits per heavy atom. The molecule has 1 aliphatic heterocycles. The third kappa shape index (κ3) is 3.33. The van der Waals surface area contributed by atoms with Gasteiger partial charge in [0.15, 0.2) is 0 Å². The van der Waals surface area contributed by atoms with Crippen molar-refractivity contribution in [3.8, 4) is 6.07 Å². The quantitative estimate of drug-likeness (QED) is 0.855. The average Bonchev–Trinajstić information content (AvgIpc) is 3.12. The highest BCUT2D eigenvalue weighted by Crippen LogP contribution is 2.26. The number of nitrogens with one attached hydrogen (secondary N) is 1. The minimum atomic E-state index is 0.448. The summed E-state index contributed by atoms with van der Waals surface area (Å²) < 4.78 is 0. The van der Waals surface area contributed by atoms with Crippen molar-refractivity contribution in [3.63, 3.8) is 0 Å². The van der Waals surface area contributed by atoms with Gasteiger partial charge in [-0.2, -0.15) is 5.26 Å². The van der Waals surface area contributed by atoms with E-state index in [1.54, 1.807) is 6.20 Å². The first kappa shape index (κ1) is 16.3. The molecular weight excluding hydrogens is 298 g/mol. The Kier molecular flexibility index (Phi) is 4.95. The largest absolute Gasteiger partial charge is 0.351 e. The van der Waals surface area contributed by atoms with E-state index in [9.17, 15) is 5.26 Å². The Morgan fingerprint density at radius 1 is 1.38 bits per heavy atom. The highest BCUT2D eigenvalue weighted by Gasteiger charge is 2.19. The smallest absolute Gasteiger partial charge is 0.223 e. The lowest BCUT2D eigenvalue weighted by Gasteiger charge is -2.23. The van der Waals surface area contributed by atoms with Crippen molar-refractivity contribution in [1.82, 2.24) is 14.9 Å². The van der Waals surface area contributed by atoms with Gasteiger partial charge in [0.05, 0.1) is 11.4 Å². The lowest BCUT2D eigenvalue weighted by atomic mass is 10.0. The lowest BCUT2D eigenvalue weighted by molar-refractivity contribution is 0.505. The molecule has 5 heteroatoms. The topological polar surface area (TPSA) is 64.8 Å². The number of nitriles is 1. The molecule has 0 radical (unpaired) electrons. The fraction of sp³-hybridized carbons (Fsp3) is 0.421. The zero-order valence-corrected chi connectivity index (χ0v) is 14.3. The Morgan fingerprint density at radius 3 is 2.88 bits per heavy atom. The zero-order valence-electron chi connectivity index (χ0n) is 14.3. The van der Waals surface area contributed by atoms with Gasteiger partial charge in [-0.05, 0) is 44.4 Å². The summed E-state index contributed by atoms with van der Waals surface area (Å²) in [4.78, 5) is 11.1. The van der Waals surface area contributed by atoms with Crippen molar-refractivity contribution in [2.75, 3.05) is 11.9 Å². The molecule has 0 spiro atoms. The molecule has 0 amide bonds. The van der Waals surface area contributed by atoms with Crippen LogP contribution in [-0.2, 0) is 0 Å². The van der Waals surface area contributed by atoms with Gasteiger partial charge in [-0.25, -0.2) is 9.97 Å². The molecule has 2 aliphatic rings. The maximum atomic E-state index is 9.77. The van der Waals surface area contributed by atoms with Crippen molar-refractivity contribution in [2.45, 2.75) is 45.6 Å². The second-order valence-electron chi connectivity index (χ2n) is 6.21. The number of likely N-dealkylation sites (N-methyl/N-ethyl adjacent to an activating group) is 1. The van der Waals surface area contributed by atoms with Crippen LogP contribution in [0.4, 0.5) is 5.95 Å². The molecule has 1 aromatic rings. The third-order valence-corrected chi connectivity index (χ3v) is 4.55. The van der Waals surface area contributed by atoms with E-state index in [0.717, 1.165) is 30.6 Å². The van der Waals surface area contributed by atoms with Crippen LogP contribution < -0.4 is 5.32 Å². The molecule has 0 bridgehead atoms. The molecule has 0 unspecified atom stereocenters. The first-order valence-corrected chi connectivity index (χ1v) is 8.59. The number of hydrogen-bond donors (Lipinski definition) is 1. The monoisotopic (exact) mass is 321 g/mol. The van der Waals surface area contributed by atoms with Crippen molar-refractivity contribution in [2.24, 2.45) is 0 Å². The SMILES string of the molecule is CCN1C=CC=C/C1=C(/C#N)c1nc(NC2CCCC2)ncc1C. The van der Waals surface area contributed by atoms with E-state index in [2.05, 4.69) is 33.2 Å². The van der Waals surface area contributed by atoms with Crippen molar-refractivity contribution < 1.29 is 0 Å². The molecule has 1 fully saturated rings. The van der Waals surface area contributed by atoms with Gasteiger partial charge < -0.3 is 10.2 Å². The number of nitrogens with zero attached hydrogens (tertiary/aromatic N) is 4. The van der Waals surface area contributed by atoms with Gasteiger partial charge in [-0.3, -0.25) is 0 Å². The van der Waals surface area contributed by atoms with Gasteiger partial charge in [-0.15, -0.1) is 0 Å². The molecule has 1 saturated carbocycles. The molecule has 1 aliphatic carbocycles. The van der Waals surface area contributed by atoms with Crippen LogP contribution in [0, 0.1) is 18.3 Å². The Bertz CT molecular complexity index is 733. The molecular formula is C19H23N5. The summed E-state index contributed by atoms with van der Waals surface area (Å²) in [6, 6.07) is 2.80. The third-order valence-electron chi connectivity index (χ3n) is 4.55. The van der Waals surface area contributed by atoms with Gasteiger partial charge in [0.2, 0.25) is 5.95 Å². The molecule has 5 nitrogen and oxygen atoms in total. The van der Waals surface area contributed by atoms with Crippen LogP contribution in [-0.4, -0.2) is 27.5 Å². The van der Waals surface area contributed by atoms with Crippen LogP contribution in [0.15, 0.2) is 36.3 Å². The first-order valence-electron chi connectivity index (χ1n) is 8.59. The normalized spacial score (nSPS) is 19.5. The summed E-state index contributed by atoms with van der Waals surface area (Å²) in [6.07, 6.45) is 14.5. The number of aryl methyl sites for hydroxylation is 1. The molecule has 1 N–H and O–H groups in total. The molecule has 2 heterocycles. The van der Waals surface area contributed by atoms with Crippen LogP contribution in [0.25, 0.3) is 5.57 Å². The number of aromatic nitrogens is 2. The summed E-state index contributed by atoms with van der Waals surface area (Å²) in [5.41, 5.74) is 3.10. The van der Waals surface area contributed by atoms with Gasteiger partial charge >= 0.3 is 0 Å². The summed E-state index contributed by atoms with van der Waals surface area (Å²) in [5.74, 6) is 0.620. The average molecular weight is 321 g/mol. The molecule has 0 saturated heterocycles. The maximum Gasteiger partial charge on any atom is 0.223 e. The van der Waals surface area contributed by atoms with Crippen molar-refractivity contribution in [1.29, 1.82) is 5.26 Å². The predicted molar refractivity (Wildman–Crippen MR) is 95.8 cm³/mol. The van der Waals surface area contributed by atoms with Crippen LogP contribution in [0.5, 0.6) is 0 Å². The highest BCUT2D eigenvalue weighted by atomic mass is 15.1. The van der Waals surface area contributed by atoms with Gasteiger partial charge in [0.25, 0.3) is 0 Å². The second kappa shape index (κ2) is 7.31. The minimum Gasteiger partial charge on any atom is -0.351 e. The van der Waals surface area contributed by atoms with E-state index in [1.807, 2.05) is 31.4 Å². The van der Waals surface area contributed by atoms with E-state index >= 15 is 0 Å². The Hall–Kier alpha value is -2.61. The fourth-order valence-corrected chi connectivity index (χ4v) is 3.23. The Labute approximate surface area is 143 Å². The second-order valence-corrected chi connectivity index (χ2v) is 6.21.